The van der Waals surface area contributed by atoms with Crippen LogP contribution in [-0.2, 0) is 23.7 Å². The molecule has 18 heteroatoms. The third-order valence-electron chi connectivity index (χ3n) is 8.77. The number of phenolic OH excluding ortho intramolecular Hbond substituents is 5. The average molecular weight is 758 g/mol. The van der Waals surface area contributed by atoms with E-state index in [9.17, 15) is 61.0 Å². The van der Waals surface area contributed by atoms with Crippen LogP contribution < -0.4 is 4.74 Å². The summed E-state index contributed by atoms with van der Waals surface area (Å²) >= 11 is 0. The molecule has 3 aromatic carbocycles. The van der Waals surface area contributed by atoms with Crippen LogP contribution in [0.1, 0.15) is 5.56 Å². The number of carbonyl (C=O) groups excluding carboxylic acids is 1. The molecule has 2 aliphatic rings. The Bertz CT molecular complexity index is 1980. The molecule has 1 aromatic heterocycles. The summed E-state index contributed by atoms with van der Waals surface area (Å²) in [6.45, 7) is -1.49. The second kappa shape index (κ2) is 16.0. The molecule has 11 N–H and O–H groups in total. The molecule has 0 saturated carbocycles. The summed E-state index contributed by atoms with van der Waals surface area (Å²) in [5.41, 5.74) is 0.651. The van der Waals surface area contributed by atoms with Crippen molar-refractivity contribution >= 4 is 23.0 Å². The molecule has 2 aliphatic heterocycles. The zero-order valence-corrected chi connectivity index (χ0v) is 27.9. The molecule has 2 fully saturated rings. The number of phenols is 5. The van der Waals surface area contributed by atoms with Crippen molar-refractivity contribution in [1.29, 1.82) is 0 Å². The number of ether oxygens (including phenoxy) is 5. The normalized spacial score (nSPS) is 28.6. The van der Waals surface area contributed by atoms with Crippen molar-refractivity contribution in [3.8, 4) is 45.8 Å². The molecule has 3 heterocycles. The van der Waals surface area contributed by atoms with Crippen molar-refractivity contribution in [3.63, 3.8) is 0 Å². The number of esters is 1. The molecule has 0 bridgehead atoms. The third kappa shape index (κ3) is 8.11. The van der Waals surface area contributed by atoms with Crippen molar-refractivity contribution in [2.45, 2.75) is 61.4 Å². The Morgan fingerprint density at radius 2 is 1.43 bits per heavy atom. The summed E-state index contributed by atoms with van der Waals surface area (Å²) < 4.78 is 34.0. The molecular formula is C36H37O18+. The Morgan fingerprint density at radius 3 is 2.13 bits per heavy atom. The van der Waals surface area contributed by atoms with Crippen molar-refractivity contribution in [3.05, 3.63) is 72.3 Å². The first-order valence-electron chi connectivity index (χ1n) is 16.4. The third-order valence-corrected chi connectivity index (χ3v) is 8.77. The minimum absolute atomic E-state index is 0.0260. The molecule has 6 rings (SSSR count). The Balaban J connectivity index is 1.18. The van der Waals surface area contributed by atoms with Gasteiger partial charge in [0.1, 0.15) is 78.1 Å². The maximum Gasteiger partial charge on any atom is 0.402 e. The van der Waals surface area contributed by atoms with Crippen LogP contribution >= 0.6 is 0 Å². The van der Waals surface area contributed by atoms with Crippen LogP contribution in [0.3, 0.4) is 0 Å². The lowest BCUT2D eigenvalue weighted by molar-refractivity contribution is -0.352. The fourth-order valence-corrected chi connectivity index (χ4v) is 5.86. The lowest BCUT2D eigenvalue weighted by Gasteiger charge is -2.45. The summed E-state index contributed by atoms with van der Waals surface area (Å²) in [4.78, 5) is 12.3. The van der Waals surface area contributed by atoms with Gasteiger partial charge in [-0.25, -0.2) is 9.21 Å². The minimum Gasteiger partial charge on any atom is -0.508 e. The summed E-state index contributed by atoms with van der Waals surface area (Å²) in [5.74, 6) is -2.98. The van der Waals surface area contributed by atoms with E-state index < -0.39 is 97.8 Å². The molecule has 4 aromatic rings. The summed E-state index contributed by atoms with van der Waals surface area (Å²) in [7, 11) is 0. The number of hydrogen-bond donors (Lipinski definition) is 11. The standard InChI is InChI=1S/C36H36O18/c37-13-25-34(54-36-31(47)29(45)28(44)26(53-36)14-49-27(43)8-3-15-1-5-17(38)6-2-15)30(46)32(48)35(52-25)51-24-12-19-21(41)10-18(39)11-23(19)50-33(24)16-4-7-20(40)22(42)9-16/h1-12,25-26,28-32,34-37,44-48H,13-14H2,(H4-,38,39,40,41,42,43)/p+1/t25-,26-,28-,29+,30-,31-,32-,34+,35-,36?/m1/s1. The predicted molar refractivity (Wildman–Crippen MR) is 181 cm³/mol. The highest BCUT2D eigenvalue weighted by atomic mass is 16.7. The molecule has 18 nitrogen and oxygen atoms in total. The van der Waals surface area contributed by atoms with Crippen molar-refractivity contribution < 1.29 is 89.1 Å². The maximum atomic E-state index is 12.3. The molecule has 2 saturated heterocycles. The highest BCUT2D eigenvalue weighted by Gasteiger charge is 2.51. The first-order valence-corrected chi connectivity index (χ1v) is 16.4. The second-order valence-electron chi connectivity index (χ2n) is 12.5. The van der Waals surface area contributed by atoms with Crippen LogP contribution in [-0.4, -0.2) is 137 Å². The van der Waals surface area contributed by atoms with Gasteiger partial charge >= 0.3 is 17.3 Å². The lowest BCUT2D eigenvalue weighted by Crippen LogP contribution is -2.65. The number of benzene rings is 3. The number of rotatable bonds is 10. The van der Waals surface area contributed by atoms with Gasteiger partial charge in [-0.1, -0.05) is 12.1 Å². The van der Waals surface area contributed by atoms with Crippen LogP contribution in [0.15, 0.2) is 71.2 Å². The lowest BCUT2D eigenvalue weighted by atomic mass is 9.97. The van der Waals surface area contributed by atoms with E-state index in [-0.39, 0.29) is 39.5 Å². The number of fused-ring (bicyclic) bond motifs is 1. The highest BCUT2D eigenvalue weighted by Crippen LogP contribution is 2.42. The first-order chi connectivity index (χ1) is 25.7. The van der Waals surface area contributed by atoms with E-state index in [1.54, 1.807) is 12.1 Å². The zero-order valence-electron chi connectivity index (χ0n) is 27.9. The van der Waals surface area contributed by atoms with Gasteiger partial charge in [0.2, 0.25) is 12.0 Å². The first kappa shape index (κ1) is 38.4. The van der Waals surface area contributed by atoms with Crippen molar-refractivity contribution in [1.82, 2.24) is 0 Å². The summed E-state index contributed by atoms with van der Waals surface area (Å²) in [5, 5.41) is 114. The van der Waals surface area contributed by atoms with Gasteiger partial charge in [-0.2, -0.15) is 0 Å². The van der Waals surface area contributed by atoms with Gasteiger partial charge in [0.15, 0.2) is 17.8 Å². The van der Waals surface area contributed by atoms with E-state index >= 15 is 0 Å². The van der Waals surface area contributed by atoms with E-state index in [1.807, 2.05) is 0 Å². The van der Waals surface area contributed by atoms with Gasteiger partial charge in [-0.3, -0.25) is 0 Å². The van der Waals surface area contributed by atoms with Crippen LogP contribution in [0.2, 0.25) is 0 Å². The van der Waals surface area contributed by atoms with Gasteiger partial charge in [0.05, 0.1) is 18.2 Å². The average Bonchev–Trinajstić information content (AvgIpc) is 3.14. The summed E-state index contributed by atoms with van der Waals surface area (Å²) in [6.07, 6.45) is -15.3. The number of aliphatic hydroxyl groups excluding tert-OH is 6. The van der Waals surface area contributed by atoms with Crippen LogP contribution in [0.5, 0.6) is 34.5 Å². The van der Waals surface area contributed by atoms with Crippen LogP contribution in [0.4, 0.5) is 0 Å². The molecule has 0 radical (unpaired) electrons. The van der Waals surface area contributed by atoms with Crippen molar-refractivity contribution in [2.75, 3.05) is 13.2 Å². The largest absolute Gasteiger partial charge is 0.508 e. The molecule has 0 aliphatic carbocycles. The SMILES string of the molecule is O=C(/C=C/c1ccc(O)cc1)OC[C@H]1OC(O[C@@H]2[C@H](O)[C@@H](O)[C@H](Oc3cc4c(O)cc(O)cc4[o+]c3-c3ccc(O)c(O)c3)O[C@@H]2CO)[C@H](O)[C@@H](O)[C@@H]1O. The van der Waals surface area contributed by atoms with Crippen LogP contribution in [0.25, 0.3) is 28.4 Å². The predicted octanol–water partition coefficient (Wildman–Crippen LogP) is 0.176. The van der Waals surface area contributed by atoms with E-state index in [0.717, 1.165) is 24.3 Å². The van der Waals surface area contributed by atoms with E-state index in [1.165, 1.54) is 36.4 Å². The van der Waals surface area contributed by atoms with Gasteiger partial charge in [0, 0.05) is 24.3 Å². The smallest absolute Gasteiger partial charge is 0.402 e. The van der Waals surface area contributed by atoms with Gasteiger partial charge in [-0.05, 0) is 35.9 Å². The quantitative estimate of drug-likeness (QED) is 0.0445. The fraction of sp³-hybridized carbons (Fsp3) is 0.333. The number of aromatic hydroxyl groups is 5. The molecular weight excluding hydrogens is 720 g/mol. The number of hydrogen-bond acceptors (Lipinski definition) is 17. The minimum atomic E-state index is -1.96. The molecule has 1 unspecified atom stereocenters. The Labute approximate surface area is 304 Å². The van der Waals surface area contributed by atoms with Crippen LogP contribution in [0, 0.1) is 0 Å². The number of carbonyl (C=O) groups is 1. The van der Waals surface area contributed by atoms with Gasteiger partial charge in [-0.15, -0.1) is 0 Å². The molecule has 0 spiro atoms. The zero-order chi connectivity index (χ0) is 38.8. The van der Waals surface area contributed by atoms with Gasteiger partial charge < -0.3 is 79.9 Å². The van der Waals surface area contributed by atoms with E-state index in [0.29, 0.717) is 5.56 Å². The van der Waals surface area contributed by atoms with Gasteiger partial charge in [0.25, 0.3) is 0 Å². The monoisotopic (exact) mass is 757 g/mol. The van der Waals surface area contributed by atoms with E-state index in [4.69, 9.17) is 28.1 Å². The topological polar surface area (TPSA) is 297 Å². The highest BCUT2D eigenvalue weighted by molar-refractivity contribution is 5.89. The van der Waals surface area contributed by atoms with E-state index in [2.05, 4.69) is 0 Å². The fourth-order valence-electron chi connectivity index (χ4n) is 5.86. The Kier molecular flexibility index (Phi) is 11.4. The molecule has 0 amide bonds. The second-order valence-corrected chi connectivity index (χ2v) is 12.5. The number of aliphatic hydroxyl groups is 6. The molecule has 288 valence electrons. The molecule has 54 heavy (non-hydrogen) atoms. The molecule has 10 atom stereocenters. The summed E-state index contributed by atoms with van der Waals surface area (Å²) in [6, 6.07) is 13.0. The van der Waals surface area contributed by atoms with Crippen molar-refractivity contribution in [2.24, 2.45) is 0 Å². The Morgan fingerprint density at radius 1 is 0.722 bits per heavy atom. The Hall–Kier alpha value is -5.28. The maximum absolute atomic E-state index is 12.3.